The molecule has 0 amide bonds. The van der Waals surface area contributed by atoms with Crippen LogP contribution in [-0.2, 0) is 9.47 Å². The van der Waals surface area contributed by atoms with Gasteiger partial charge in [-0.2, -0.15) is 52.7 Å². The predicted molar refractivity (Wildman–Crippen MR) is 539 cm³/mol. The van der Waals surface area contributed by atoms with E-state index in [4.69, 9.17) is 9.47 Å². The summed E-state index contributed by atoms with van der Waals surface area (Å²) in [5.41, 5.74) is -4.26. The first-order chi connectivity index (χ1) is 62.6. The molecule has 0 aliphatic heterocycles. The van der Waals surface area contributed by atoms with E-state index in [0.717, 1.165) is 132 Å². The number of rotatable bonds is 32. The molecular weight excluding hydrogens is 1810 g/mol. The Balaban J connectivity index is 0.000000767. The molecule has 10 aliphatic rings. The molecule has 2 nitrogen and oxygen atoms in total. The van der Waals surface area contributed by atoms with Crippen LogP contribution >= 0.6 is 0 Å². The first kappa shape index (κ1) is 135. The fraction of sp³-hybridized carbons (Fsp3) is 1.00. The average molecular weight is 2020 g/mol. The minimum Gasteiger partial charge on any atom is -0.384 e. The van der Waals surface area contributed by atoms with E-state index in [1.807, 2.05) is 125 Å². The molecule has 20 atom stereocenters. The van der Waals surface area contributed by atoms with E-state index in [0.29, 0.717) is 89.3 Å². The molecule has 0 heterocycles. The van der Waals surface area contributed by atoms with Crippen LogP contribution < -0.4 is 0 Å². The second-order valence-corrected chi connectivity index (χ2v) is 52.5. The Morgan fingerprint density at radius 3 is 0.725 bits per heavy atom. The number of alkyl halides is 20. The van der Waals surface area contributed by atoms with Crippen molar-refractivity contribution in [3.8, 4) is 0 Å². The fourth-order valence-corrected chi connectivity index (χ4v) is 30.0. The molecular formula is C116H212F20O2. The lowest BCUT2D eigenvalue weighted by atomic mass is 9.64. The van der Waals surface area contributed by atoms with Gasteiger partial charge in [0.2, 0.25) is 25.7 Å². The highest BCUT2D eigenvalue weighted by Gasteiger charge is 2.73. The molecule has 0 saturated heterocycles. The highest BCUT2D eigenvalue weighted by atomic mass is 19.4. The van der Waals surface area contributed by atoms with Gasteiger partial charge in [0, 0.05) is 50.7 Å². The van der Waals surface area contributed by atoms with Gasteiger partial charge in [-0.3, -0.25) is 0 Å². The van der Waals surface area contributed by atoms with Crippen LogP contribution in [0.3, 0.4) is 0 Å². The van der Waals surface area contributed by atoms with Crippen molar-refractivity contribution in [1.29, 1.82) is 0 Å². The van der Waals surface area contributed by atoms with E-state index in [9.17, 15) is 87.8 Å². The number of hydrogen-bond acceptors (Lipinski definition) is 2. The Bertz CT molecular complexity index is 3300. The number of hydrogen-bond donors (Lipinski definition) is 0. The summed E-state index contributed by atoms with van der Waals surface area (Å²) in [6, 6.07) is 0. The summed E-state index contributed by atoms with van der Waals surface area (Å²) in [5.74, 6) is 10.0. The zero-order chi connectivity index (χ0) is 108. The average Bonchev–Trinajstić information content (AvgIpc) is 1.55. The van der Waals surface area contributed by atoms with E-state index in [1.165, 1.54) is 25.7 Å². The van der Waals surface area contributed by atoms with Crippen LogP contribution in [0.15, 0.2) is 0 Å². The number of methoxy groups -OCH3 is 2. The van der Waals surface area contributed by atoms with Gasteiger partial charge in [0.15, 0.2) is 0 Å². The van der Waals surface area contributed by atoms with Crippen LogP contribution in [0.25, 0.3) is 0 Å². The van der Waals surface area contributed by atoms with Gasteiger partial charge < -0.3 is 9.47 Å². The summed E-state index contributed by atoms with van der Waals surface area (Å²) in [5, 5.41) is 0. The summed E-state index contributed by atoms with van der Waals surface area (Å²) in [6.07, 6.45) is -6.93. The van der Waals surface area contributed by atoms with Crippen molar-refractivity contribution >= 4 is 0 Å². The largest absolute Gasteiger partial charge is 0.395 e. The van der Waals surface area contributed by atoms with E-state index in [2.05, 4.69) is 138 Å². The van der Waals surface area contributed by atoms with Crippen LogP contribution in [0.4, 0.5) is 87.8 Å². The minimum atomic E-state index is -4.05. The lowest BCUT2D eigenvalue weighted by Gasteiger charge is -2.42. The molecule has 138 heavy (non-hydrogen) atoms. The van der Waals surface area contributed by atoms with Crippen molar-refractivity contribution in [2.24, 2.45) is 232 Å². The molecule has 0 N–H and O–H groups in total. The summed E-state index contributed by atoms with van der Waals surface area (Å²) in [7, 11) is 3.67. The van der Waals surface area contributed by atoms with Crippen LogP contribution in [0, 0.1) is 232 Å². The van der Waals surface area contributed by atoms with Crippen molar-refractivity contribution in [3.63, 3.8) is 0 Å². The molecule has 20 unspecified atom stereocenters. The first-order valence-electron chi connectivity index (χ1n) is 54.9. The zero-order valence-corrected chi connectivity index (χ0v) is 95.4. The molecule has 0 aromatic carbocycles. The maximum atomic E-state index is 13.3. The summed E-state index contributed by atoms with van der Waals surface area (Å²) in [4.78, 5) is 0. The van der Waals surface area contributed by atoms with Gasteiger partial charge in [0.1, 0.15) is 0 Å². The third kappa shape index (κ3) is 33.3. The van der Waals surface area contributed by atoms with Crippen molar-refractivity contribution in [2.75, 3.05) is 27.4 Å². The Hall–Kier alpha value is -1.48. The Labute approximate surface area is 833 Å². The van der Waals surface area contributed by atoms with Gasteiger partial charge in [-0.15, -0.1) is 0 Å². The van der Waals surface area contributed by atoms with Crippen LogP contribution in [-0.4, -0.2) is 77.8 Å². The van der Waals surface area contributed by atoms with Gasteiger partial charge in [0.25, 0.3) is 0 Å². The second kappa shape index (κ2) is 54.3. The molecule has 10 fully saturated rings. The monoisotopic (exact) mass is 2020 g/mol. The number of ether oxygens (including phenoxy) is 2. The lowest BCUT2D eigenvalue weighted by Crippen LogP contribution is -2.47. The van der Waals surface area contributed by atoms with Crippen LogP contribution in [0.1, 0.15) is 431 Å². The third-order valence-corrected chi connectivity index (χ3v) is 38.9. The zero-order valence-electron chi connectivity index (χ0n) is 95.4. The summed E-state index contributed by atoms with van der Waals surface area (Å²) in [6.45, 7) is 83.9. The van der Waals surface area contributed by atoms with Gasteiger partial charge >= 0.3 is 24.7 Å². The molecule has 828 valence electrons. The molecule has 0 radical (unpaired) electrons. The van der Waals surface area contributed by atoms with Crippen molar-refractivity contribution in [2.45, 2.75) is 481 Å². The maximum absolute atomic E-state index is 13.3. The second-order valence-electron chi connectivity index (χ2n) is 52.5. The Kier molecular flexibility index (Phi) is 52.9. The fourth-order valence-electron chi connectivity index (χ4n) is 30.0. The molecule has 22 heteroatoms. The summed E-state index contributed by atoms with van der Waals surface area (Å²) >= 11 is 0. The molecule has 10 aliphatic carbocycles. The standard InChI is InChI=1S/C13H23F3.C13H24F2.C13H26O.C12H21F3.C12H22F2.C11H19F3.C11H20F2.C11H22O.C10H17F3.C10H18F2/c1-9(2)11-6-5-7-12(11,10(3)4)8-13(14,15)16;1-9(2)11-6-5-7-13(11,10(3)4)8-12(14)15;1-10(2)12-7-6-8-13(12,9-14-5)11(3)4;1-8(2)10-6-5-7-11(10,9(3)4)12(13,14)15;1-8(2)10-6-5-7-12(10,9(3)4)11(13)14;1-7(2)9-5-10(9,8(3)4)6-11(12,13)14;1-7(2)9-5-11(9,8(3)4)6-10(12)13;1-8(2)10-6-11(10,7-12-5)9(3)4;1-6(2)8-5-9(8,7(3)4)10(11,12)13;1-6(2)8-5-10(8,7(3)4)9(11)12/h9-11H,5-8H2,1-4H3;9-12H,5-8H2,1-4H3;10-12H,6-9H2,1-5H3;8-10H,5-7H2,1-4H3;8-11H,5-7H2,1-4H3;7-9H,5-6H2,1-4H3;7-10H,5-6H2,1-4H3;8-10H,6-7H2,1-5H3;6-8H,5H2,1-4H3;6-9H,5H2,1-4H3. The van der Waals surface area contributed by atoms with Gasteiger partial charge in [-0.25, -0.2) is 35.1 Å². The maximum Gasteiger partial charge on any atom is 0.395 e. The number of halogens is 20. The van der Waals surface area contributed by atoms with Crippen LogP contribution in [0.5, 0.6) is 0 Å². The molecule has 0 aromatic heterocycles. The van der Waals surface area contributed by atoms with E-state index in [1.54, 1.807) is 27.7 Å². The Morgan fingerprint density at radius 2 is 0.486 bits per heavy atom. The third-order valence-electron chi connectivity index (χ3n) is 38.9. The van der Waals surface area contributed by atoms with Gasteiger partial charge in [0.05, 0.1) is 24.0 Å². The SMILES string of the molecule is CC(C)C1CC1(C(C)C)C(F)(F)F.CC(C)C1CC1(C(C)C)C(F)F.CC(C)C1CC1(CC(F)(F)F)C(C)C.CC(C)C1CC1(CC(F)F)C(C)C.CC(C)C1CCCC1(C(C)C)C(F)(F)F.CC(C)C1CCCC1(C(C)C)C(F)F.CC(C)C1CCCC1(CC(F)(F)F)C(C)C.CC(C)C1CCCC1(CC(F)F)C(C)C.COCC1(C(C)C)CC1C(C)C.COCC1(C(C)C)CCCC1C(C)C. The normalized spacial score (nSPS) is 33.3. The molecule has 10 saturated carbocycles. The van der Waals surface area contributed by atoms with E-state index >= 15 is 0 Å². The minimum absolute atomic E-state index is 0.0394. The van der Waals surface area contributed by atoms with Crippen molar-refractivity contribution < 1.29 is 97.3 Å². The quantitative estimate of drug-likeness (QED) is 0.0625. The van der Waals surface area contributed by atoms with Crippen LogP contribution in [0.2, 0.25) is 0 Å². The molecule has 0 bridgehead atoms. The topological polar surface area (TPSA) is 18.5 Å². The highest BCUT2D eigenvalue weighted by Crippen LogP contribution is 2.71. The molecule has 0 aromatic rings. The summed E-state index contributed by atoms with van der Waals surface area (Å²) < 4.78 is 266. The highest BCUT2D eigenvalue weighted by molar-refractivity contribution is 5.12. The van der Waals surface area contributed by atoms with Crippen molar-refractivity contribution in [3.05, 3.63) is 0 Å². The van der Waals surface area contributed by atoms with E-state index in [-0.39, 0.29) is 107 Å². The van der Waals surface area contributed by atoms with Gasteiger partial charge in [-0.05, 0) is 306 Å². The Morgan fingerprint density at radius 1 is 0.225 bits per heavy atom. The smallest absolute Gasteiger partial charge is 0.384 e. The first-order valence-corrected chi connectivity index (χ1v) is 54.9. The lowest BCUT2D eigenvalue weighted by molar-refractivity contribution is -0.257. The van der Waals surface area contributed by atoms with Crippen molar-refractivity contribution in [1.82, 2.24) is 0 Å². The predicted octanol–water partition coefficient (Wildman–Crippen LogP) is 41.1. The molecule has 10 rings (SSSR count). The van der Waals surface area contributed by atoms with E-state index < -0.39 is 95.7 Å². The molecule has 0 spiro atoms. The van der Waals surface area contributed by atoms with Gasteiger partial charge in [-0.1, -0.05) is 309 Å².